The quantitative estimate of drug-likeness (QED) is 0.466. The third kappa shape index (κ3) is 7.09. The Balaban J connectivity index is 3.73. The van der Waals surface area contributed by atoms with Crippen molar-refractivity contribution in [3.8, 4) is 0 Å². The molecular weight excluding hydrogens is 207 g/mol. The van der Waals surface area contributed by atoms with Crippen molar-refractivity contribution in [2.45, 2.75) is 45.4 Å². The first-order chi connectivity index (χ1) is 6.22. The van der Waals surface area contributed by atoms with Crippen LogP contribution in [0.3, 0.4) is 0 Å². The molecule has 0 unspecified atom stereocenters. The Morgan fingerprint density at radius 2 is 1.77 bits per heavy atom. The normalized spacial score (nSPS) is 12.5. The van der Waals surface area contributed by atoms with Gasteiger partial charge in [0.25, 0.3) is 0 Å². The van der Waals surface area contributed by atoms with E-state index in [1.807, 2.05) is 0 Å². The van der Waals surface area contributed by atoms with E-state index in [2.05, 4.69) is 6.92 Å². The van der Waals surface area contributed by atoms with Crippen LogP contribution in [-0.4, -0.2) is 6.29 Å². The molecule has 0 rings (SSSR count). The number of aldehydes is 1. The summed E-state index contributed by atoms with van der Waals surface area (Å²) in [5.74, 6) is 0. The molecule has 13 heavy (non-hydrogen) atoms. The number of rotatable bonds is 7. The van der Waals surface area contributed by atoms with Crippen molar-refractivity contribution in [2.24, 2.45) is 0 Å². The first-order valence-corrected chi connectivity index (χ1v) is 5.44. The van der Waals surface area contributed by atoms with Gasteiger partial charge in [-0.25, -0.2) is 0 Å². The van der Waals surface area contributed by atoms with E-state index in [0.29, 0.717) is 17.9 Å². The van der Waals surface area contributed by atoms with Crippen molar-refractivity contribution < 1.29 is 4.79 Å². The Bertz CT molecular complexity index is 176. The van der Waals surface area contributed by atoms with Crippen LogP contribution in [0.25, 0.3) is 0 Å². The van der Waals surface area contributed by atoms with Gasteiger partial charge in [0.2, 0.25) is 0 Å². The molecule has 0 aromatic rings. The van der Waals surface area contributed by atoms with E-state index in [0.717, 1.165) is 24.2 Å². The van der Waals surface area contributed by atoms with E-state index < -0.39 is 0 Å². The summed E-state index contributed by atoms with van der Waals surface area (Å²) < 4.78 is 0. The summed E-state index contributed by atoms with van der Waals surface area (Å²) in [5.41, 5.74) is 0. The molecule has 0 aliphatic heterocycles. The highest BCUT2D eigenvalue weighted by Crippen LogP contribution is 2.23. The van der Waals surface area contributed by atoms with Crippen LogP contribution in [0.1, 0.15) is 45.4 Å². The van der Waals surface area contributed by atoms with Crippen molar-refractivity contribution in [3.63, 3.8) is 0 Å². The molecule has 0 saturated carbocycles. The van der Waals surface area contributed by atoms with Gasteiger partial charge in [-0.3, -0.25) is 0 Å². The minimum absolute atomic E-state index is 0.461. The zero-order chi connectivity index (χ0) is 10.1. The van der Waals surface area contributed by atoms with E-state index in [1.54, 1.807) is 0 Å². The number of hydrogen-bond donors (Lipinski definition) is 0. The van der Waals surface area contributed by atoms with Gasteiger partial charge in [-0.15, -0.1) is 0 Å². The highest BCUT2D eigenvalue weighted by atomic mass is 35.5. The predicted molar refractivity (Wildman–Crippen MR) is 58.2 cm³/mol. The molecule has 0 spiro atoms. The van der Waals surface area contributed by atoms with Crippen LogP contribution in [-0.2, 0) is 4.79 Å². The minimum Gasteiger partial charge on any atom is -0.303 e. The third-order valence-corrected chi connectivity index (χ3v) is 2.71. The fraction of sp³-hybridized carbons (Fsp3) is 0.700. The smallest absolute Gasteiger partial charge is 0.120 e. The zero-order valence-corrected chi connectivity index (χ0v) is 9.50. The Labute approximate surface area is 90.1 Å². The van der Waals surface area contributed by atoms with Gasteiger partial charge in [-0.2, -0.15) is 0 Å². The predicted octanol–water partition coefficient (Wildman–Crippen LogP) is 4.24. The summed E-state index contributed by atoms with van der Waals surface area (Å²) in [6.07, 6.45) is 6.17. The van der Waals surface area contributed by atoms with Gasteiger partial charge in [0, 0.05) is 16.5 Å². The van der Waals surface area contributed by atoms with Crippen LogP contribution in [0.4, 0.5) is 0 Å². The van der Waals surface area contributed by atoms with E-state index in [-0.39, 0.29) is 0 Å². The lowest BCUT2D eigenvalue weighted by Gasteiger charge is -2.01. The maximum atomic E-state index is 10.1. The van der Waals surface area contributed by atoms with Gasteiger partial charge in [0.1, 0.15) is 6.29 Å². The minimum atomic E-state index is 0.461. The Morgan fingerprint density at radius 3 is 2.31 bits per heavy atom. The lowest BCUT2D eigenvalue weighted by atomic mass is 10.2. The molecule has 0 amide bonds. The Morgan fingerprint density at radius 1 is 1.15 bits per heavy atom. The van der Waals surface area contributed by atoms with Gasteiger partial charge >= 0.3 is 0 Å². The second-order valence-corrected chi connectivity index (χ2v) is 3.88. The third-order valence-electron chi connectivity index (χ3n) is 1.78. The molecule has 3 heteroatoms. The molecule has 0 aromatic heterocycles. The average Bonchev–Trinajstić information content (AvgIpc) is 2.14. The van der Waals surface area contributed by atoms with Crippen LogP contribution in [0.2, 0.25) is 0 Å². The second-order valence-electron chi connectivity index (χ2n) is 2.97. The number of unbranched alkanes of at least 4 members (excludes halogenated alkanes) is 2. The average molecular weight is 223 g/mol. The van der Waals surface area contributed by atoms with Crippen LogP contribution in [0.5, 0.6) is 0 Å². The molecule has 0 heterocycles. The van der Waals surface area contributed by atoms with Crippen molar-refractivity contribution in [2.75, 3.05) is 0 Å². The number of carbonyl (C=O) groups is 1. The Hall–Kier alpha value is -0.0100. The fourth-order valence-corrected chi connectivity index (χ4v) is 1.42. The summed E-state index contributed by atoms with van der Waals surface area (Å²) in [7, 11) is 0. The lowest BCUT2D eigenvalue weighted by Crippen LogP contribution is -1.83. The highest BCUT2D eigenvalue weighted by Gasteiger charge is 2.01. The zero-order valence-electron chi connectivity index (χ0n) is 7.98. The molecule has 0 radical (unpaired) electrons. The molecule has 0 aromatic carbocycles. The molecule has 0 N–H and O–H groups in total. The molecule has 1 nitrogen and oxygen atoms in total. The van der Waals surface area contributed by atoms with Crippen LogP contribution in [0, 0.1) is 0 Å². The van der Waals surface area contributed by atoms with Crippen molar-refractivity contribution in [3.05, 3.63) is 10.1 Å². The van der Waals surface area contributed by atoms with Gasteiger partial charge in [0.15, 0.2) is 0 Å². The SMILES string of the molecule is CCCCC/C(Cl)=C(/Cl)CCC=O. The first kappa shape index (κ1) is 13.0. The van der Waals surface area contributed by atoms with Crippen molar-refractivity contribution >= 4 is 29.5 Å². The second kappa shape index (κ2) is 8.58. The number of halogens is 2. The van der Waals surface area contributed by atoms with Crippen LogP contribution in [0.15, 0.2) is 10.1 Å². The van der Waals surface area contributed by atoms with Crippen LogP contribution < -0.4 is 0 Å². The number of allylic oxidation sites excluding steroid dienone is 2. The number of carbonyl (C=O) groups excluding carboxylic acids is 1. The Kier molecular flexibility index (Phi) is 8.58. The maximum absolute atomic E-state index is 10.1. The summed E-state index contributed by atoms with van der Waals surface area (Å²) >= 11 is 11.8. The number of hydrogen-bond acceptors (Lipinski definition) is 1. The van der Waals surface area contributed by atoms with Gasteiger partial charge in [-0.1, -0.05) is 43.0 Å². The molecule has 0 bridgehead atoms. The lowest BCUT2D eigenvalue weighted by molar-refractivity contribution is -0.107. The summed E-state index contributed by atoms with van der Waals surface area (Å²) in [6.45, 7) is 2.14. The monoisotopic (exact) mass is 222 g/mol. The summed E-state index contributed by atoms with van der Waals surface area (Å²) in [6, 6.07) is 0. The molecule has 0 aliphatic carbocycles. The van der Waals surface area contributed by atoms with Crippen molar-refractivity contribution in [1.82, 2.24) is 0 Å². The molecule has 0 fully saturated rings. The van der Waals surface area contributed by atoms with E-state index in [9.17, 15) is 4.79 Å². The maximum Gasteiger partial charge on any atom is 0.120 e. The van der Waals surface area contributed by atoms with E-state index in [4.69, 9.17) is 23.2 Å². The molecular formula is C10H16Cl2O. The van der Waals surface area contributed by atoms with Crippen molar-refractivity contribution in [1.29, 1.82) is 0 Å². The molecule has 0 atom stereocenters. The van der Waals surface area contributed by atoms with Gasteiger partial charge < -0.3 is 4.79 Å². The largest absolute Gasteiger partial charge is 0.303 e. The standard InChI is InChI=1S/C10H16Cl2O/c1-2-3-4-6-9(11)10(12)7-5-8-13/h8H,2-7H2,1H3/b10-9-. The molecule has 0 saturated heterocycles. The van der Waals surface area contributed by atoms with Gasteiger partial charge in [-0.05, 0) is 19.3 Å². The first-order valence-electron chi connectivity index (χ1n) is 4.69. The summed E-state index contributed by atoms with van der Waals surface area (Å²) in [4.78, 5) is 10.1. The topological polar surface area (TPSA) is 17.1 Å². The van der Waals surface area contributed by atoms with E-state index in [1.165, 1.54) is 12.8 Å². The van der Waals surface area contributed by atoms with Crippen LogP contribution >= 0.6 is 23.2 Å². The highest BCUT2D eigenvalue weighted by molar-refractivity contribution is 6.39. The fourth-order valence-electron chi connectivity index (χ4n) is 0.987. The molecule has 0 aliphatic rings. The molecule has 76 valence electrons. The van der Waals surface area contributed by atoms with E-state index >= 15 is 0 Å². The summed E-state index contributed by atoms with van der Waals surface area (Å²) in [5, 5.41) is 1.36. The van der Waals surface area contributed by atoms with Gasteiger partial charge in [0.05, 0.1) is 0 Å².